The largest absolute Gasteiger partial charge is 0.378 e. The summed E-state index contributed by atoms with van der Waals surface area (Å²) in [5.74, 6) is 0.419. The second-order valence-electron chi connectivity index (χ2n) is 5.55. The summed E-state index contributed by atoms with van der Waals surface area (Å²) < 4.78 is 5.35. The number of morpholine rings is 1. The molecule has 1 aromatic rings. The fraction of sp³-hybridized carbons (Fsp3) is 0.562. The minimum Gasteiger partial charge on any atom is -0.378 e. The summed E-state index contributed by atoms with van der Waals surface area (Å²) in [7, 11) is 0. The Hall–Kier alpha value is -1.10. The van der Waals surface area contributed by atoms with E-state index < -0.39 is 0 Å². The molecule has 118 valence electrons. The van der Waals surface area contributed by atoms with Crippen LogP contribution >= 0.6 is 12.4 Å². The number of nitrogens with one attached hydrogen (secondary N) is 2. The second kappa shape index (κ2) is 9.03. The van der Waals surface area contributed by atoms with E-state index in [1.165, 1.54) is 11.1 Å². The highest BCUT2D eigenvalue weighted by Gasteiger charge is 2.17. The number of ether oxygens (including phenoxy) is 1. The molecular weight excluding hydrogens is 288 g/mol. The van der Waals surface area contributed by atoms with Crippen LogP contribution in [0.3, 0.4) is 0 Å². The van der Waals surface area contributed by atoms with Gasteiger partial charge in [0, 0.05) is 25.6 Å². The monoisotopic (exact) mass is 312 g/mol. The van der Waals surface area contributed by atoms with Crippen LogP contribution in [0, 0.1) is 6.92 Å². The van der Waals surface area contributed by atoms with Crippen LogP contribution in [-0.2, 0) is 9.53 Å². The van der Waals surface area contributed by atoms with Crippen LogP contribution < -0.4 is 10.6 Å². The molecule has 2 N–H and O–H groups in total. The van der Waals surface area contributed by atoms with Crippen LogP contribution in [0.4, 0.5) is 0 Å². The molecule has 1 amide bonds. The van der Waals surface area contributed by atoms with Crippen molar-refractivity contribution in [3.05, 3.63) is 35.4 Å². The number of hydrogen-bond acceptors (Lipinski definition) is 3. The van der Waals surface area contributed by atoms with Crippen molar-refractivity contribution in [3.63, 3.8) is 0 Å². The van der Waals surface area contributed by atoms with Gasteiger partial charge in [-0.05, 0) is 18.4 Å². The van der Waals surface area contributed by atoms with Crippen molar-refractivity contribution in [1.29, 1.82) is 0 Å². The fourth-order valence-electron chi connectivity index (χ4n) is 2.33. The number of aryl methyl sites for hydroxylation is 1. The average Bonchev–Trinajstić information content (AvgIpc) is 2.46. The van der Waals surface area contributed by atoms with Crippen LogP contribution in [0.1, 0.15) is 30.4 Å². The molecule has 0 aromatic heterocycles. The van der Waals surface area contributed by atoms with Gasteiger partial charge in [-0.15, -0.1) is 12.4 Å². The molecule has 0 radical (unpaired) electrons. The lowest BCUT2D eigenvalue weighted by molar-refractivity contribution is -0.122. The van der Waals surface area contributed by atoms with Gasteiger partial charge in [0.15, 0.2) is 0 Å². The predicted octanol–water partition coefficient (Wildman–Crippen LogP) is 2.02. The summed E-state index contributed by atoms with van der Waals surface area (Å²) in [6, 6.07) is 8.62. The van der Waals surface area contributed by atoms with Gasteiger partial charge in [0.2, 0.25) is 5.91 Å². The third-order valence-corrected chi connectivity index (χ3v) is 3.68. The Balaban J connectivity index is 0.00000220. The lowest BCUT2D eigenvalue weighted by Crippen LogP contribution is -2.44. The number of carbonyl (C=O) groups excluding carboxylic acids is 1. The first-order valence-corrected chi connectivity index (χ1v) is 7.29. The van der Waals surface area contributed by atoms with Gasteiger partial charge in [0.05, 0.1) is 13.2 Å². The summed E-state index contributed by atoms with van der Waals surface area (Å²) >= 11 is 0. The number of rotatable bonds is 5. The number of amides is 1. The summed E-state index contributed by atoms with van der Waals surface area (Å²) in [5.41, 5.74) is 2.52. The molecule has 0 aliphatic carbocycles. The highest BCUT2D eigenvalue weighted by Crippen LogP contribution is 2.14. The standard InChI is InChI=1S/C16H24N2O2.ClH/c1-12-3-5-14(6-4-12)13(2)10-18-16(19)9-15-11-20-8-7-17-15;/h3-6,13,15,17H,7-11H2,1-2H3,(H,18,19);1H. The Labute approximate surface area is 133 Å². The van der Waals surface area contributed by atoms with Crippen LogP contribution in [0.5, 0.6) is 0 Å². The molecule has 1 aliphatic rings. The van der Waals surface area contributed by atoms with Crippen molar-refractivity contribution < 1.29 is 9.53 Å². The van der Waals surface area contributed by atoms with Gasteiger partial charge in [-0.3, -0.25) is 4.79 Å². The Morgan fingerprint density at radius 1 is 1.43 bits per heavy atom. The molecule has 1 fully saturated rings. The zero-order valence-corrected chi connectivity index (χ0v) is 13.5. The van der Waals surface area contributed by atoms with Gasteiger partial charge in [-0.2, -0.15) is 0 Å². The van der Waals surface area contributed by atoms with Gasteiger partial charge >= 0.3 is 0 Å². The Kier molecular flexibility index (Phi) is 7.72. The third-order valence-electron chi connectivity index (χ3n) is 3.68. The maximum atomic E-state index is 11.9. The molecule has 4 nitrogen and oxygen atoms in total. The number of benzene rings is 1. The van der Waals surface area contributed by atoms with E-state index >= 15 is 0 Å². The predicted molar refractivity (Wildman–Crippen MR) is 87.1 cm³/mol. The molecule has 21 heavy (non-hydrogen) atoms. The molecule has 2 unspecified atom stereocenters. The van der Waals surface area contributed by atoms with Crippen molar-refractivity contribution in [2.75, 3.05) is 26.3 Å². The topological polar surface area (TPSA) is 50.4 Å². The maximum absolute atomic E-state index is 11.9. The second-order valence-corrected chi connectivity index (χ2v) is 5.55. The van der Waals surface area contributed by atoms with E-state index in [0.717, 1.165) is 13.2 Å². The molecule has 0 spiro atoms. The number of hydrogen-bond donors (Lipinski definition) is 2. The van der Waals surface area contributed by atoms with E-state index in [1.54, 1.807) is 0 Å². The summed E-state index contributed by atoms with van der Waals surface area (Å²) in [5, 5.41) is 6.30. The lowest BCUT2D eigenvalue weighted by Gasteiger charge is -2.23. The van der Waals surface area contributed by atoms with E-state index in [-0.39, 0.29) is 24.4 Å². The van der Waals surface area contributed by atoms with E-state index in [4.69, 9.17) is 4.74 Å². The fourth-order valence-corrected chi connectivity index (χ4v) is 2.33. The lowest BCUT2D eigenvalue weighted by atomic mass is 10.00. The average molecular weight is 313 g/mol. The number of carbonyl (C=O) groups is 1. The molecule has 0 saturated carbocycles. The van der Waals surface area contributed by atoms with E-state index in [9.17, 15) is 4.79 Å². The first kappa shape index (κ1) is 18.0. The quantitative estimate of drug-likeness (QED) is 0.874. The Morgan fingerprint density at radius 2 is 2.14 bits per heavy atom. The Morgan fingerprint density at radius 3 is 2.76 bits per heavy atom. The summed E-state index contributed by atoms with van der Waals surface area (Å²) in [4.78, 5) is 11.9. The smallest absolute Gasteiger partial charge is 0.221 e. The molecule has 1 aliphatic heterocycles. The van der Waals surface area contributed by atoms with Crippen molar-refractivity contribution in [2.45, 2.75) is 32.2 Å². The molecule has 1 heterocycles. The van der Waals surface area contributed by atoms with Crippen LogP contribution in [0.15, 0.2) is 24.3 Å². The molecule has 2 atom stereocenters. The summed E-state index contributed by atoms with van der Waals surface area (Å²) in [6.45, 7) is 7.08. The maximum Gasteiger partial charge on any atom is 0.221 e. The highest BCUT2D eigenvalue weighted by atomic mass is 35.5. The molecule has 0 bridgehead atoms. The van der Waals surface area contributed by atoms with Crippen molar-refractivity contribution in [1.82, 2.24) is 10.6 Å². The zero-order valence-electron chi connectivity index (χ0n) is 12.7. The van der Waals surface area contributed by atoms with Gasteiger partial charge in [0.25, 0.3) is 0 Å². The third kappa shape index (κ3) is 6.04. The first-order chi connectivity index (χ1) is 9.65. The number of halogens is 1. The molecule has 1 aromatic carbocycles. The minimum atomic E-state index is 0. The molecule has 1 saturated heterocycles. The van der Waals surface area contributed by atoms with Gasteiger partial charge in [0.1, 0.15) is 0 Å². The molecular formula is C16H25ClN2O2. The van der Waals surface area contributed by atoms with Crippen molar-refractivity contribution >= 4 is 18.3 Å². The van der Waals surface area contributed by atoms with Gasteiger partial charge < -0.3 is 15.4 Å². The minimum absolute atomic E-state index is 0. The summed E-state index contributed by atoms with van der Waals surface area (Å²) in [6.07, 6.45) is 0.487. The van der Waals surface area contributed by atoms with Crippen molar-refractivity contribution in [3.8, 4) is 0 Å². The van der Waals surface area contributed by atoms with Gasteiger partial charge in [-0.25, -0.2) is 0 Å². The zero-order chi connectivity index (χ0) is 14.4. The van der Waals surface area contributed by atoms with Crippen molar-refractivity contribution in [2.24, 2.45) is 0 Å². The highest BCUT2D eigenvalue weighted by molar-refractivity contribution is 5.85. The van der Waals surface area contributed by atoms with Crippen LogP contribution in [0.2, 0.25) is 0 Å². The van der Waals surface area contributed by atoms with Gasteiger partial charge in [-0.1, -0.05) is 36.8 Å². The van der Waals surface area contributed by atoms with E-state index in [1.807, 2.05) is 0 Å². The Bertz CT molecular complexity index is 430. The van der Waals surface area contributed by atoms with E-state index in [0.29, 0.717) is 25.5 Å². The SMILES string of the molecule is Cc1ccc(C(C)CNC(=O)CC2COCCN2)cc1.Cl. The van der Waals surface area contributed by atoms with E-state index in [2.05, 4.69) is 48.7 Å². The van der Waals surface area contributed by atoms with Crippen LogP contribution in [-0.4, -0.2) is 38.3 Å². The first-order valence-electron chi connectivity index (χ1n) is 7.29. The van der Waals surface area contributed by atoms with Crippen LogP contribution in [0.25, 0.3) is 0 Å². The molecule has 2 rings (SSSR count). The normalized spacial score (nSPS) is 19.4. The molecule has 5 heteroatoms.